The fourth-order valence-electron chi connectivity index (χ4n) is 1.67. The largest absolute Gasteiger partial charge is 0.0882 e. The van der Waals surface area contributed by atoms with Crippen molar-refractivity contribution in [2.75, 3.05) is 0 Å². The molecule has 0 aromatic rings. The van der Waals surface area contributed by atoms with Gasteiger partial charge in [-0.05, 0) is 19.3 Å². The lowest BCUT2D eigenvalue weighted by Gasteiger charge is -1.98. The van der Waals surface area contributed by atoms with Gasteiger partial charge < -0.3 is 0 Å². The number of hydrogen-bond donors (Lipinski definition) is 0. The predicted octanol–water partition coefficient (Wildman–Crippen LogP) is 5.62. The van der Waals surface area contributed by atoms with Crippen molar-refractivity contribution in [3.05, 3.63) is 37.0 Å². The third-order valence-electron chi connectivity index (χ3n) is 2.66. The molecular formula is C16H27. The van der Waals surface area contributed by atoms with Crippen molar-refractivity contribution < 1.29 is 0 Å². The first-order valence-electron chi connectivity index (χ1n) is 6.77. The predicted molar refractivity (Wildman–Crippen MR) is 74.4 cm³/mol. The highest BCUT2D eigenvalue weighted by molar-refractivity contribution is 4.99. The molecule has 0 nitrogen and oxygen atoms in total. The van der Waals surface area contributed by atoms with Crippen molar-refractivity contribution in [1.29, 1.82) is 0 Å². The molecule has 0 aromatic carbocycles. The molecule has 0 atom stereocenters. The molecule has 0 aromatic heterocycles. The Hall–Kier alpha value is -0.780. The molecule has 16 heavy (non-hydrogen) atoms. The van der Waals surface area contributed by atoms with Crippen LogP contribution in [0.1, 0.15) is 64.7 Å². The maximum atomic E-state index is 5.22. The van der Waals surface area contributed by atoms with Crippen LogP contribution in [0.5, 0.6) is 0 Å². The molecule has 0 unspecified atom stereocenters. The number of allylic oxidation sites excluding steroid dienone is 5. The van der Waals surface area contributed by atoms with Crippen LogP contribution in [0.15, 0.2) is 30.4 Å². The standard InChI is InChI=1S/C16H27/c1-3-5-7-9-11-13-15-16-14-12-10-8-6-4-2/h1,3,5,7,11,13H,4,6,8-10,12,14-16H2,2H3. The second-order valence-corrected chi connectivity index (χ2v) is 4.24. The van der Waals surface area contributed by atoms with Gasteiger partial charge in [0.15, 0.2) is 0 Å². The van der Waals surface area contributed by atoms with Crippen LogP contribution in [0.25, 0.3) is 0 Å². The molecule has 0 N–H and O–H groups in total. The summed E-state index contributed by atoms with van der Waals surface area (Å²) < 4.78 is 0. The molecule has 0 fully saturated rings. The number of hydrogen-bond acceptors (Lipinski definition) is 0. The van der Waals surface area contributed by atoms with Crippen LogP contribution in [-0.2, 0) is 0 Å². The van der Waals surface area contributed by atoms with Crippen LogP contribution < -0.4 is 0 Å². The fraction of sp³-hybridized carbons (Fsp3) is 0.625. The van der Waals surface area contributed by atoms with Crippen LogP contribution in [0, 0.1) is 6.58 Å². The van der Waals surface area contributed by atoms with E-state index in [0.717, 1.165) is 6.42 Å². The summed E-state index contributed by atoms with van der Waals surface area (Å²) in [5.41, 5.74) is 0. The van der Waals surface area contributed by atoms with Crippen molar-refractivity contribution in [3.63, 3.8) is 0 Å². The van der Waals surface area contributed by atoms with E-state index < -0.39 is 0 Å². The highest BCUT2D eigenvalue weighted by atomic mass is 13.9. The lowest BCUT2D eigenvalue weighted by Crippen LogP contribution is -1.78. The third kappa shape index (κ3) is 13.2. The second kappa shape index (κ2) is 14.2. The van der Waals surface area contributed by atoms with Gasteiger partial charge in [-0.1, -0.05) is 82.4 Å². The van der Waals surface area contributed by atoms with E-state index >= 15 is 0 Å². The summed E-state index contributed by atoms with van der Waals surface area (Å²) in [5, 5.41) is 0. The van der Waals surface area contributed by atoms with Crippen molar-refractivity contribution in [2.45, 2.75) is 64.7 Å². The highest BCUT2D eigenvalue weighted by Gasteiger charge is 1.88. The first-order chi connectivity index (χ1) is 7.91. The molecular weight excluding hydrogens is 192 g/mol. The van der Waals surface area contributed by atoms with E-state index in [-0.39, 0.29) is 0 Å². The minimum absolute atomic E-state index is 1.00. The summed E-state index contributed by atoms with van der Waals surface area (Å²) in [6.45, 7) is 7.49. The van der Waals surface area contributed by atoms with Crippen LogP contribution in [0.3, 0.4) is 0 Å². The number of unbranched alkanes of at least 4 members (excludes halogenated alkanes) is 7. The quantitative estimate of drug-likeness (QED) is 0.240. The van der Waals surface area contributed by atoms with Gasteiger partial charge in [0.2, 0.25) is 0 Å². The molecule has 0 aliphatic carbocycles. The third-order valence-corrected chi connectivity index (χ3v) is 2.66. The van der Waals surface area contributed by atoms with Crippen molar-refractivity contribution in [1.82, 2.24) is 0 Å². The van der Waals surface area contributed by atoms with Crippen molar-refractivity contribution >= 4 is 0 Å². The van der Waals surface area contributed by atoms with Crippen molar-refractivity contribution in [2.24, 2.45) is 0 Å². The zero-order chi connectivity index (χ0) is 11.9. The van der Waals surface area contributed by atoms with E-state index in [2.05, 4.69) is 25.2 Å². The number of rotatable bonds is 11. The van der Waals surface area contributed by atoms with E-state index in [4.69, 9.17) is 6.58 Å². The average Bonchev–Trinajstić information content (AvgIpc) is 2.31. The molecule has 0 spiro atoms. The normalized spacial score (nSPS) is 11.6. The Labute approximate surface area is 102 Å². The van der Waals surface area contributed by atoms with E-state index in [9.17, 15) is 0 Å². The first-order valence-corrected chi connectivity index (χ1v) is 6.77. The molecule has 0 saturated carbocycles. The molecule has 0 amide bonds. The lowest BCUT2D eigenvalue weighted by molar-refractivity contribution is 0.592. The summed E-state index contributed by atoms with van der Waals surface area (Å²) in [7, 11) is 0. The van der Waals surface area contributed by atoms with Gasteiger partial charge in [-0.25, -0.2) is 0 Å². The molecule has 1 radical (unpaired) electrons. The first kappa shape index (κ1) is 15.2. The second-order valence-electron chi connectivity index (χ2n) is 4.24. The monoisotopic (exact) mass is 219 g/mol. The molecule has 0 rings (SSSR count). The van der Waals surface area contributed by atoms with Gasteiger partial charge in [-0.15, -0.1) is 0 Å². The van der Waals surface area contributed by atoms with Gasteiger partial charge in [-0.2, -0.15) is 0 Å². The van der Waals surface area contributed by atoms with E-state index in [1.54, 1.807) is 6.08 Å². The van der Waals surface area contributed by atoms with Crippen LogP contribution in [-0.4, -0.2) is 0 Å². The van der Waals surface area contributed by atoms with Gasteiger partial charge in [0, 0.05) is 0 Å². The molecule has 0 aliphatic heterocycles. The molecule has 0 bridgehead atoms. The Bertz CT molecular complexity index is 186. The molecule has 0 heteroatoms. The fourth-order valence-corrected chi connectivity index (χ4v) is 1.67. The van der Waals surface area contributed by atoms with Gasteiger partial charge >= 0.3 is 0 Å². The van der Waals surface area contributed by atoms with E-state index in [0.29, 0.717) is 0 Å². The maximum Gasteiger partial charge on any atom is -0.0166 e. The molecule has 0 heterocycles. The molecule has 0 aliphatic rings. The summed E-state index contributed by atoms with van der Waals surface area (Å²) in [4.78, 5) is 0. The molecule has 0 saturated heterocycles. The smallest absolute Gasteiger partial charge is 0.0166 e. The Morgan fingerprint density at radius 1 is 0.812 bits per heavy atom. The summed E-state index contributed by atoms with van der Waals surface area (Å²) in [5.74, 6) is 0. The van der Waals surface area contributed by atoms with Gasteiger partial charge in [0.25, 0.3) is 0 Å². The minimum Gasteiger partial charge on any atom is -0.0882 e. The topological polar surface area (TPSA) is 0 Å². The van der Waals surface area contributed by atoms with Crippen molar-refractivity contribution in [3.8, 4) is 0 Å². The van der Waals surface area contributed by atoms with Gasteiger partial charge in [0.05, 0.1) is 0 Å². The van der Waals surface area contributed by atoms with Gasteiger partial charge in [-0.3, -0.25) is 0 Å². The maximum absolute atomic E-state index is 5.22. The summed E-state index contributed by atoms with van der Waals surface area (Å²) in [6, 6.07) is 0. The summed E-state index contributed by atoms with van der Waals surface area (Å²) >= 11 is 0. The Morgan fingerprint density at radius 2 is 1.50 bits per heavy atom. The van der Waals surface area contributed by atoms with Gasteiger partial charge in [0.1, 0.15) is 0 Å². The van der Waals surface area contributed by atoms with E-state index in [1.807, 2.05) is 6.08 Å². The zero-order valence-corrected chi connectivity index (χ0v) is 10.8. The zero-order valence-electron chi connectivity index (χ0n) is 10.8. The highest BCUT2D eigenvalue weighted by Crippen LogP contribution is 2.08. The Morgan fingerprint density at radius 3 is 2.19 bits per heavy atom. The SMILES string of the molecule is [CH]=CC=CCC=CCCCCCCCCC. The Balaban J connectivity index is 3.08. The van der Waals surface area contributed by atoms with Crippen LogP contribution in [0.2, 0.25) is 0 Å². The lowest BCUT2D eigenvalue weighted by atomic mass is 10.1. The van der Waals surface area contributed by atoms with Crippen LogP contribution >= 0.6 is 0 Å². The summed E-state index contributed by atoms with van der Waals surface area (Å²) in [6.07, 6.45) is 22.0. The average molecular weight is 219 g/mol. The van der Waals surface area contributed by atoms with E-state index in [1.165, 1.54) is 51.4 Å². The Kier molecular flexibility index (Phi) is 13.5. The minimum atomic E-state index is 1.00. The van der Waals surface area contributed by atoms with Crippen LogP contribution in [0.4, 0.5) is 0 Å². The molecule has 91 valence electrons.